The zero-order chi connectivity index (χ0) is 15.2. The molecule has 3 rings (SSSR count). The third-order valence-corrected chi connectivity index (χ3v) is 4.70. The quantitative estimate of drug-likeness (QED) is 0.814. The van der Waals surface area contributed by atoms with Crippen LogP contribution in [-0.2, 0) is 6.54 Å². The summed E-state index contributed by atoms with van der Waals surface area (Å²) in [5.41, 5.74) is 1.91. The van der Waals surface area contributed by atoms with E-state index in [1.165, 1.54) is 12.8 Å². The maximum atomic E-state index is 10.0. The van der Waals surface area contributed by atoms with Crippen LogP contribution in [0.15, 0.2) is 29.8 Å². The lowest BCUT2D eigenvalue weighted by Crippen LogP contribution is -2.36. The number of aliphatic hydroxyl groups excluding tert-OH is 1. The molecule has 0 aliphatic carbocycles. The van der Waals surface area contributed by atoms with Gasteiger partial charge in [-0.15, -0.1) is 11.3 Å². The van der Waals surface area contributed by atoms with Crippen LogP contribution in [0.1, 0.15) is 18.5 Å². The van der Waals surface area contributed by atoms with Crippen molar-refractivity contribution in [2.45, 2.75) is 25.5 Å². The smallest absolute Gasteiger partial charge is 0.142 e. The lowest BCUT2D eigenvalue weighted by Gasteiger charge is -2.19. The highest BCUT2D eigenvalue weighted by Gasteiger charge is 2.15. The summed E-state index contributed by atoms with van der Waals surface area (Å²) in [6.07, 6.45) is 3.99. The number of pyridine rings is 1. The number of nitrogens with zero attached hydrogens (tertiary/aromatic N) is 3. The second-order valence-electron chi connectivity index (χ2n) is 5.65. The summed E-state index contributed by atoms with van der Waals surface area (Å²) in [7, 11) is 0. The van der Waals surface area contributed by atoms with Crippen molar-refractivity contribution in [1.82, 2.24) is 20.2 Å². The van der Waals surface area contributed by atoms with Crippen molar-refractivity contribution in [3.63, 3.8) is 0 Å². The van der Waals surface area contributed by atoms with E-state index in [1.54, 1.807) is 17.5 Å². The van der Waals surface area contributed by atoms with Gasteiger partial charge in [-0.05, 0) is 38.1 Å². The second-order valence-corrected chi connectivity index (χ2v) is 6.51. The van der Waals surface area contributed by atoms with Crippen molar-refractivity contribution in [3.05, 3.63) is 35.5 Å². The Labute approximate surface area is 135 Å². The lowest BCUT2D eigenvalue weighted by atomic mass is 10.3. The molecule has 118 valence electrons. The van der Waals surface area contributed by atoms with E-state index in [2.05, 4.69) is 20.2 Å². The maximum absolute atomic E-state index is 10.0. The van der Waals surface area contributed by atoms with E-state index in [4.69, 9.17) is 0 Å². The molecule has 0 aromatic carbocycles. The molecule has 2 aromatic rings. The van der Waals surface area contributed by atoms with Gasteiger partial charge in [0, 0.05) is 31.2 Å². The third-order valence-electron chi connectivity index (χ3n) is 3.79. The van der Waals surface area contributed by atoms with E-state index in [0.29, 0.717) is 13.1 Å². The fourth-order valence-electron chi connectivity index (χ4n) is 2.69. The molecule has 0 amide bonds. The van der Waals surface area contributed by atoms with Crippen LogP contribution in [0.3, 0.4) is 0 Å². The van der Waals surface area contributed by atoms with Gasteiger partial charge in [-0.3, -0.25) is 4.98 Å². The first-order valence-corrected chi connectivity index (χ1v) is 8.66. The van der Waals surface area contributed by atoms with Gasteiger partial charge in [-0.1, -0.05) is 6.07 Å². The number of hydrogen-bond acceptors (Lipinski definition) is 6. The average molecular weight is 318 g/mol. The number of nitrogens with one attached hydrogen (secondary N) is 1. The molecule has 1 saturated heterocycles. The molecular weight excluding hydrogens is 296 g/mol. The van der Waals surface area contributed by atoms with Crippen LogP contribution in [-0.4, -0.2) is 52.3 Å². The minimum Gasteiger partial charge on any atom is -0.390 e. The Hall–Kier alpha value is -1.34. The molecule has 1 aliphatic heterocycles. The minimum atomic E-state index is -0.313. The predicted molar refractivity (Wildman–Crippen MR) is 88.7 cm³/mol. The largest absolute Gasteiger partial charge is 0.390 e. The summed E-state index contributed by atoms with van der Waals surface area (Å²) >= 11 is 1.60. The van der Waals surface area contributed by atoms with Gasteiger partial charge >= 0.3 is 0 Å². The van der Waals surface area contributed by atoms with E-state index in [0.717, 1.165) is 36.0 Å². The number of hydrogen-bond donors (Lipinski definition) is 2. The standard InChI is InChI=1S/C16H22N4OS/c21-14(11-20-7-3-4-8-20)10-17-9-13-12-22-16(19-13)15-5-1-2-6-18-15/h1-2,5-6,12,14,17,21H,3-4,7-11H2. The molecule has 1 atom stereocenters. The third kappa shape index (κ3) is 4.33. The molecule has 0 spiro atoms. The van der Waals surface area contributed by atoms with Gasteiger partial charge in [-0.2, -0.15) is 0 Å². The summed E-state index contributed by atoms with van der Waals surface area (Å²) in [5.74, 6) is 0. The zero-order valence-electron chi connectivity index (χ0n) is 12.6. The van der Waals surface area contributed by atoms with Gasteiger partial charge in [0.15, 0.2) is 0 Å². The fraction of sp³-hybridized carbons (Fsp3) is 0.500. The van der Waals surface area contributed by atoms with Crippen molar-refractivity contribution >= 4 is 11.3 Å². The molecule has 1 aliphatic rings. The second kappa shape index (κ2) is 7.78. The number of likely N-dealkylation sites (tertiary alicyclic amines) is 1. The maximum Gasteiger partial charge on any atom is 0.142 e. The fourth-order valence-corrected chi connectivity index (χ4v) is 3.48. The monoisotopic (exact) mass is 318 g/mol. The summed E-state index contributed by atoms with van der Waals surface area (Å²) in [6, 6.07) is 5.84. The Kier molecular flexibility index (Phi) is 5.50. The van der Waals surface area contributed by atoms with Crippen molar-refractivity contribution < 1.29 is 5.11 Å². The Bertz CT molecular complexity index is 569. The first kappa shape index (κ1) is 15.6. The molecule has 22 heavy (non-hydrogen) atoms. The Morgan fingerprint density at radius 3 is 2.95 bits per heavy atom. The van der Waals surface area contributed by atoms with Gasteiger partial charge in [0.05, 0.1) is 17.5 Å². The van der Waals surface area contributed by atoms with Crippen LogP contribution < -0.4 is 5.32 Å². The van der Waals surface area contributed by atoms with Crippen molar-refractivity contribution in [2.75, 3.05) is 26.2 Å². The highest BCUT2D eigenvalue weighted by atomic mass is 32.1. The Morgan fingerprint density at radius 1 is 1.32 bits per heavy atom. The van der Waals surface area contributed by atoms with E-state index < -0.39 is 0 Å². The summed E-state index contributed by atoms with van der Waals surface area (Å²) in [6.45, 7) is 4.30. The summed E-state index contributed by atoms with van der Waals surface area (Å²) in [4.78, 5) is 11.2. The number of thiazole rings is 1. The molecule has 2 N–H and O–H groups in total. The molecule has 5 nitrogen and oxygen atoms in total. The molecule has 6 heteroatoms. The zero-order valence-corrected chi connectivity index (χ0v) is 13.4. The van der Waals surface area contributed by atoms with Crippen LogP contribution in [0.4, 0.5) is 0 Å². The molecule has 0 saturated carbocycles. The molecule has 0 radical (unpaired) electrons. The highest BCUT2D eigenvalue weighted by Crippen LogP contribution is 2.21. The van der Waals surface area contributed by atoms with Crippen LogP contribution in [0.5, 0.6) is 0 Å². The van der Waals surface area contributed by atoms with Gasteiger partial charge in [0.1, 0.15) is 5.01 Å². The topological polar surface area (TPSA) is 61.3 Å². The lowest BCUT2D eigenvalue weighted by molar-refractivity contribution is 0.123. The number of rotatable bonds is 7. The van der Waals surface area contributed by atoms with Gasteiger partial charge < -0.3 is 15.3 Å². The first-order chi connectivity index (χ1) is 10.8. The minimum absolute atomic E-state index is 0.313. The number of β-amino-alcohol motifs (C(OH)–C–C–N with tert-alkyl or cyclic N) is 1. The van der Waals surface area contributed by atoms with Crippen LogP contribution >= 0.6 is 11.3 Å². The van der Waals surface area contributed by atoms with Crippen LogP contribution in [0.25, 0.3) is 10.7 Å². The molecule has 3 heterocycles. The SMILES string of the molecule is OC(CNCc1csc(-c2ccccn2)n1)CN1CCCC1. The molecule has 1 fully saturated rings. The van der Waals surface area contributed by atoms with Gasteiger partial charge in [-0.25, -0.2) is 4.98 Å². The Morgan fingerprint density at radius 2 is 2.18 bits per heavy atom. The van der Waals surface area contributed by atoms with E-state index in [-0.39, 0.29) is 6.10 Å². The summed E-state index contributed by atoms with van der Waals surface area (Å²) < 4.78 is 0. The van der Waals surface area contributed by atoms with Crippen LogP contribution in [0, 0.1) is 0 Å². The first-order valence-electron chi connectivity index (χ1n) is 7.78. The van der Waals surface area contributed by atoms with E-state index in [1.807, 2.05) is 23.6 Å². The van der Waals surface area contributed by atoms with E-state index in [9.17, 15) is 5.11 Å². The van der Waals surface area contributed by atoms with Gasteiger partial charge in [0.2, 0.25) is 0 Å². The molecule has 1 unspecified atom stereocenters. The van der Waals surface area contributed by atoms with Gasteiger partial charge in [0.25, 0.3) is 0 Å². The highest BCUT2D eigenvalue weighted by molar-refractivity contribution is 7.13. The predicted octanol–water partition coefficient (Wildman–Crippen LogP) is 1.75. The van der Waals surface area contributed by atoms with Crippen molar-refractivity contribution in [3.8, 4) is 10.7 Å². The van der Waals surface area contributed by atoms with E-state index >= 15 is 0 Å². The van der Waals surface area contributed by atoms with Crippen molar-refractivity contribution in [1.29, 1.82) is 0 Å². The molecule has 2 aromatic heterocycles. The van der Waals surface area contributed by atoms with Crippen LogP contribution in [0.2, 0.25) is 0 Å². The molecule has 0 bridgehead atoms. The number of aliphatic hydroxyl groups is 1. The Balaban J connectivity index is 1.43. The number of aromatic nitrogens is 2. The van der Waals surface area contributed by atoms with Crippen molar-refractivity contribution in [2.24, 2.45) is 0 Å². The molecular formula is C16H22N4OS. The summed E-state index contributed by atoms with van der Waals surface area (Å²) in [5, 5.41) is 16.3. The average Bonchev–Trinajstić information content (AvgIpc) is 3.20. The normalized spacial score (nSPS) is 17.0.